The number of urea groups is 1. The predicted molar refractivity (Wildman–Crippen MR) is 74.7 cm³/mol. The molecule has 0 aromatic carbocycles. The van der Waals surface area contributed by atoms with E-state index in [1.165, 1.54) is 4.90 Å². The third kappa shape index (κ3) is 3.49. The highest BCUT2D eigenvalue weighted by Gasteiger charge is 2.38. The number of carbonyl (C=O) groups is 2. The summed E-state index contributed by atoms with van der Waals surface area (Å²) < 4.78 is 5.18. The van der Waals surface area contributed by atoms with E-state index in [0.29, 0.717) is 0 Å². The lowest BCUT2D eigenvalue weighted by Crippen LogP contribution is -2.48. The second kappa shape index (κ2) is 6.53. The van der Waals surface area contributed by atoms with Gasteiger partial charge in [0.1, 0.15) is 5.92 Å². The number of hydrogen-bond acceptors (Lipinski definition) is 4. The van der Waals surface area contributed by atoms with Gasteiger partial charge in [-0.2, -0.15) is 0 Å². The van der Waals surface area contributed by atoms with E-state index < -0.39 is 17.9 Å². The number of carbonyl (C=O) groups excluding carboxylic acids is 1. The van der Waals surface area contributed by atoms with E-state index in [1.807, 2.05) is 19.1 Å². The van der Waals surface area contributed by atoms with Crippen LogP contribution < -0.4 is 5.32 Å². The van der Waals surface area contributed by atoms with Crippen molar-refractivity contribution < 1.29 is 19.4 Å². The standard InChI is InChI=1S/C14H19N3O4/c1-9(10-3-5-15-6-4-10)16-14(20)17(2)12-8-21-7-11(12)13(18)19/h3-6,9,11-12H,7-8H2,1-2H3,(H,16,20)(H,18,19). The first-order valence-electron chi connectivity index (χ1n) is 6.74. The number of nitrogens with one attached hydrogen (secondary N) is 1. The quantitative estimate of drug-likeness (QED) is 0.860. The summed E-state index contributed by atoms with van der Waals surface area (Å²) in [5.74, 6) is -1.63. The van der Waals surface area contributed by atoms with Gasteiger partial charge in [0.05, 0.1) is 25.3 Å². The Labute approximate surface area is 122 Å². The zero-order chi connectivity index (χ0) is 15.4. The zero-order valence-electron chi connectivity index (χ0n) is 12.0. The third-order valence-electron chi connectivity index (χ3n) is 3.73. The van der Waals surface area contributed by atoms with Crippen LogP contribution in [0.25, 0.3) is 0 Å². The van der Waals surface area contributed by atoms with Gasteiger partial charge in [-0.3, -0.25) is 9.78 Å². The minimum Gasteiger partial charge on any atom is -0.481 e. The summed E-state index contributed by atoms with van der Waals surface area (Å²) in [7, 11) is 1.59. The van der Waals surface area contributed by atoms with Crippen molar-refractivity contribution in [3.05, 3.63) is 30.1 Å². The minimum atomic E-state index is -0.945. The average molecular weight is 293 g/mol. The number of carboxylic acid groups (broad SMARTS) is 1. The molecule has 1 fully saturated rings. The first-order valence-corrected chi connectivity index (χ1v) is 6.74. The van der Waals surface area contributed by atoms with E-state index in [4.69, 9.17) is 9.84 Å². The fraction of sp³-hybridized carbons (Fsp3) is 0.500. The van der Waals surface area contributed by atoms with Crippen LogP contribution in [-0.4, -0.2) is 53.3 Å². The van der Waals surface area contributed by atoms with Gasteiger partial charge in [-0.05, 0) is 24.6 Å². The molecule has 1 aliphatic rings. The van der Waals surface area contributed by atoms with Crippen LogP contribution in [0.1, 0.15) is 18.5 Å². The Morgan fingerprint density at radius 3 is 2.71 bits per heavy atom. The number of aliphatic carboxylic acids is 1. The molecule has 0 saturated carbocycles. The molecule has 1 saturated heterocycles. The summed E-state index contributed by atoms with van der Waals surface area (Å²) in [6.45, 7) is 2.24. The summed E-state index contributed by atoms with van der Waals surface area (Å²) in [6.07, 6.45) is 3.32. The van der Waals surface area contributed by atoms with Crippen molar-refractivity contribution in [3.63, 3.8) is 0 Å². The van der Waals surface area contributed by atoms with Gasteiger partial charge < -0.3 is 20.1 Å². The van der Waals surface area contributed by atoms with Crippen LogP contribution in [-0.2, 0) is 9.53 Å². The second-order valence-electron chi connectivity index (χ2n) is 5.11. The van der Waals surface area contributed by atoms with Gasteiger partial charge in [0.25, 0.3) is 0 Å². The molecule has 2 rings (SSSR count). The van der Waals surface area contributed by atoms with Crippen LogP contribution in [0.15, 0.2) is 24.5 Å². The summed E-state index contributed by atoms with van der Waals surface area (Å²) in [5, 5.41) is 12.0. The monoisotopic (exact) mass is 293 g/mol. The number of hydrogen-bond donors (Lipinski definition) is 2. The topological polar surface area (TPSA) is 91.8 Å². The molecule has 7 nitrogen and oxygen atoms in total. The summed E-state index contributed by atoms with van der Waals surface area (Å²) >= 11 is 0. The molecule has 2 heterocycles. The Kier molecular flexibility index (Phi) is 4.74. The first kappa shape index (κ1) is 15.2. The number of likely N-dealkylation sites (N-methyl/N-ethyl adjacent to an activating group) is 1. The summed E-state index contributed by atoms with van der Waals surface area (Å²) in [5.41, 5.74) is 0.934. The summed E-state index contributed by atoms with van der Waals surface area (Å²) in [6, 6.07) is 2.69. The maximum atomic E-state index is 12.2. The smallest absolute Gasteiger partial charge is 0.317 e. The van der Waals surface area contributed by atoms with Gasteiger partial charge in [-0.25, -0.2) is 4.79 Å². The maximum Gasteiger partial charge on any atom is 0.317 e. The van der Waals surface area contributed by atoms with Gasteiger partial charge >= 0.3 is 12.0 Å². The molecule has 3 atom stereocenters. The lowest BCUT2D eigenvalue weighted by molar-refractivity contribution is -0.142. The molecule has 2 amide bonds. The van der Waals surface area contributed by atoms with E-state index in [1.54, 1.807) is 19.4 Å². The van der Waals surface area contributed by atoms with E-state index in [9.17, 15) is 9.59 Å². The number of carboxylic acids is 1. The fourth-order valence-corrected chi connectivity index (χ4v) is 2.33. The van der Waals surface area contributed by atoms with Crippen molar-refractivity contribution in [1.82, 2.24) is 15.2 Å². The lowest BCUT2D eigenvalue weighted by Gasteiger charge is -2.28. The Morgan fingerprint density at radius 2 is 2.10 bits per heavy atom. The highest BCUT2D eigenvalue weighted by molar-refractivity contribution is 5.77. The van der Waals surface area contributed by atoms with Crippen LogP contribution in [0, 0.1) is 5.92 Å². The van der Waals surface area contributed by atoms with Gasteiger partial charge in [-0.15, -0.1) is 0 Å². The number of pyridine rings is 1. The largest absolute Gasteiger partial charge is 0.481 e. The van der Waals surface area contributed by atoms with Gasteiger partial charge in [0.15, 0.2) is 0 Å². The molecule has 1 aromatic rings. The molecule has 21 heavy (non-hydrogen) atoms. The number of rotatable bonds is 4. The first-order chi connectivity index (χ1) is 10.0. The number of ether oxygens (including phenoxy) is 1. The van der Waals surface area contributed by atoms with E-state index in [-0.39, 0.29) is 25.3 Å². The molecule has 0 spiro atoms. The third-order valence-corrected chi connectivity index (χ3v) is 3.73. The van der Waals surface area contributed by atoms with Crippen molar-refractivity contribution in [1.29, 1.82) is 0 Å². The Morgan fingerprint density at radius 1 is 1.43 bits per heavy atom. The number of amides is 2. The molecule has 0 bridgehead atoms. The van der Waals surface area contributed by atoms with Crippen LogP contribution in [0.2, 0.25) is 0 Å². The molecular weight excluding hydrogens is 274 g/mol. The van der Waals surface area contributed by atoms with Gasteiger partial charge in [0.2, 0.25) is 0 Å². The van der Waals surface area contributed by atoms with Crippen molar-refractivity contribution in [2.45, 2.75) is 19.0 Å². The van der Waals surface area contributed by atoms with E-state index in [2.05, 4.69) is 10.3 Å². The molecule has 1 aliphatic heterocycles. The molecule has 0 aliphatic carbocycles. The number of nitrogens with zero attached hydrogens (tertiary/aromatic N) is 2. The normalized spacial score (nSPS) is 22.6. The molecule has 7 heteroatoms. The van der Waals surface area contributed by atoms with Crippen LogP contribution in [0.4, 0.5) is 4.79 Å². The van der Waals surface area contributed by atoms with Crippen LogP contribution in [0.5, 0.6) is 0 Å². The number of aromatic nitrogens is 1. The lowest BCUT2D eigenvalue weighted by atomic mass is 10.0. The highest BCUT2D eigenvalue weighted by atomic mass is 16.5. The zero-order valence-corrected chi connectivity index (χ0v) is 12.0. The molecule has 114 valence electrons. The Bertz CT molecular complexity index is 508. The fourth-order valence-electron chi connectivity index (χ4n) is 2.33. The highest BCUT2D eigenvalue weighted by Crippen LogP contribution is 2.20. The SMILES string of the molecule is CC(NC(=O)N(C)C1COCC1C(=O)O)c1ccncc1. The average Bonchev–Trinajstić information content (AvgIpc) is 2.96. The second-order valence-corrected chi connectivity index (χ2v) is 5.11. The van der Waals surface area contributed by atoms with Gasteiger partial charge in [0, 0.05) is 19.4 Å². The molecule has 0 radical (unpaired) electrons. The van der Waals surface area contributed by atoms with E-state index >= 15 is 0 Å². The summed E-state index contributed by atoms with van der Waals surface area (Å²) in [4.78, 5) is 28.7. The van der Waals surface area contributed by atoms with Crippen molar-refractivity contribution in [2.24, 2.45) is 5.92 Å². The van der Waals surface area contributed by atoms with Crippen LogP contribution >= 0.6 is 0 Å². The Balaban J connectivity index is 1.98. The molecule has 3 unspecified atom stereocenters. The van der Waals surface area contributed by atoms with Crippen molar-refractivity contribution in [3.8, 4) is 0 Å². The minimum absolute atomic E-state index is 0.136. The Hall–Kier alpha value is -2.15. The molecule has 2 N–H and O–H groups in total. The van der Waals surface area contributed by atoms with Crippen molar-refractivity contribution >= 4 is 12.0 Å². The predicted octanol–water partition coefficient (Wildman–Crippen LogP) is 0.884. The van der Waals surface area contributed by atoms with Crippen molar-refractivity contribution in [2.75, 3.05) is 20.3 Å². The maximum absolute atomic E-state index is 12.2. The molecule has 1 aromatic heterocycles. The van der Waals surface area contributed by atoms with Gasteiger partial charge in [-0.1, -0.05) is 0 Å². The van der Waals surface area contributed by atoms with E-state index in [0.717, 1.165) is 5.56 Å². The van der Waals surface area contributed by atoms with Crippen LogP contribution in [0.3, 0.4) is 0 Å². The molecular formula is C14H19N3O4.